The minimum absolute atomic E-state index is 0.455. The van der Waals surface area contributed by atoms with Crippen LogP contribution >= 0.6 is 0 Å². The molecule has 4 bridgehead atoms. The van der Waals surface area contributed by atoms with E-state index in [0.29, 0.717) is 22.3 Å². The largest absolute Gasteiger partial charge is 0.327 e. The first-order valence-electron chi connectivity index (χ1n) is 9.67. The molecule has 0 aliphatic heterocycles. The number of hydrogen-bond donors (Lipinski definition) is 1. The van der Waals surface area contributed by atoms with Crippen molar-refractivity contribution in [3.63, 3.8) is 0 Å². The van der Waals surface area contributed by atoms with E-state index < -0.39 is 0 Å². The van der Waals surface area contributed by atoms with E-state index in [2.05, 4.69) is 20.8 Å². The van der Waals surface area contributed by atoms with Gasteiger partial charge in [0.1, 0.15) is 0 Å². The van der Waals surface area contributed by atoms with Gasteiger partial charge < -0.3 is 5.73 Å². The van der Waals surface area contributed by atoms with Crippen LogP contribution in [0.3, 0.4) is 0 Å². The van der Waals surface area contributed by atoms with Gasteiger partial charge in [-0.3, -0.25) is 0 Å². The van der Waals surface area contributed by atoms with E-state index in [1.54, 1.807) is 0 Å². The third-order valence-electron chi connectivity index (χ3n) is 7.28. The molecule has 1 heteroatoms. The maximum absolute atomic E-state index is 6.86. The highest BCUT2D eigenvalue weighted by Crippen LogP contribution is 2.70. The second-order valence-electron chi connectivity index (χ2n) is 9.65. The van der Waals surface area contributed by atoms with Crippen LogP contribution in [0.25, 0.3) is 0 Å². The van der Waals surface area contributed by atoms with Gasteiger partial charge in [0.2, 0.25) is 0 Å². The zero-order valence-electron chi connectivity index (χ0n) is 14.7. The fourth-order valence-corrected chi connectivity index (χ4v) is 7.14. The molecular formula is C20H37N. The molecule has 122 valence electrons. The third-order valence-corrected chi connectivity index (χ3v) is 7.28. The summed E-state index contributed by atoms with van der Waals surface area (Å²) in [5.41, 5.74) is 8.44. The van der Waals surface area contributed by atoms with Gasteiger partial charge in [0.25, 0.3) is 0 Å². The van der Waals surface area contributed by atoms with Crippen molar-refractivity contribution in [2.45, 2.75) is 104 Å². The molecule has 4 fully saturated rings. The summed E-state index contributed by atoms with van der Waals surface area (Å²) in [7, 11) is 0. The second-order valence-corrected chi connectivity index (χ2v) is 9.65. The van der Waals surface area contributed by atoms with Gasteiger partial charge in [-0.1, -0.05) is 59.3 Å². The van der Waals surface area contributed by atoms with Gasteiger partial charge in [-0.15, -0.1) is 0 Å². The van der Waals surface area contributed by atoms with Gasteiger partial charge in [0, 0.05) is 6.04 Å². The molecule has 4 saturated carbocycles. The van der Waals surface area contributed by atoms with Crippen LogP contribution in [-0.4, -0.2) is 6.04 Å². The van der Waals surface area contributed by atoms with E-state index in [0.717, 1.165) is 5.92 Å². The summed E-state index contributed by atoms with van der Waals surface area (Å²) in [5.74, 6) is 0.988. The van der Waals surface area contributed by atoms with Crippen LogP contribution in [0.15, 0.2) is 0 Å². The summed E-state index contributed by atoms with van der Waals surface area (Å²) in [6.07, 6.45) is 17.1. The van der Waals surface area contributed by atoms with Crippen molar-refractivity contribution >= 4 is 0 Å². The van der Waals surface area contributed by atoms with Crippen LogP contribution in [0, 0.1) is 22.2 Å². The highest BCUT2D eigenvalue weighted by molar-refractivity contribution is 5.16. The lowest BCUT2D eigenvalue weighted by Crippen LogP contribution is -2.66. The van der Waals surface area contributed by atoms with E-state index in [1.807, 2.05) is 0 Å². The summed E-state index contributed by atoms with van der Waals surface area (Å²) >= 11 is 0. The summed E-state index contributed by atoms with van der Waals surface area (Å²) in [4.78, 5) is 0. The minimum Gasteiger partial charge on any atom is -0.327 e. The van der Waals surface area contributed by atoms with Crippen LogP contribution in [0.4, 0.5) is 0 Å². The van der Waals surface area contributed by atoms with Crippen LogP contribution in [-0.2, 0) is 0 Å². The Morgan fingerprint density at radius 2 is 1.62 bits per heavy atom. The molecule has 4 aliphatic rings. The van der Waals surface area contributed by atoms with Gasteiger partial charge in [-0.2, -0.15) is 0 Å². The normalized spacial score (nSPS) is 48.0. The average molecular weight is 292 g/mol. The zero-order chi connectivity index (χ0) is 15.1. The van der Waals surface area contributed by atoms with E-state index in [4.69, 9.17) is 5.73 Å². The maximum Gasteiger partial charge on any atom is 0.0150 e. The number of rotatable bonds is 7. The molecule has 0 saturated heterocycles. The van der Waals surface area contributed by atoms with Crippen molar-refractivity contribution < 1.29 is 0 Å². The first-order valence-corrected chi connectivity index (χ1v) is 9.67. The zero-order valence-corrected chi connectivity index (χ0v) is 14.7. The standard InChI is InChI=1S/C20H37N/c1-4-5-6-7-8-9-10-20-13-16-11-18(2,15-20)14-19(3,12-16)17(20)21/h16-17H,4-15,21H2,1-3H3. The Balaban J connectivity index is 1.61. The Labute approximate surface area is 132 Å². The smallest absolute Gasteiger partial charge is 0.0150 e. The molecule has 0 aromatic rings. The van der Waals surface area contributed by atoms with Crippen molar-refractivity contribution in [2.24, 2.45) is 27.9 Å². The van der Waals surface area contributed by atoms with Gasteiger partial charge in [-0.25, -0.2) is 0 Å². The highest BCUT2D eigenvalue weighted by Gasteiger charge is 2.63. The van der Waals surface area contributed by atoms with Crippen molar-refractivity contribution in [3.05, 3.63) is 0 Å². The predicted octanol–water partition coefficient (Wildman–Crippen LogP) is 5.67. The van der Waals surface area contributed by atoms with Gasteiger partial charge >= 0.3 is 0 Å². The summed E-state index contributed by atoms with van der Waals surface area (Å²) < 4.78 is 0. The monoisotopic (exact) mass is 291 g/mol. The quantitative estimate of drug-likeness (QED) is 0.601. The van der Waals surface area contributed by atoms with E-state index in [1.165, 1.54) is 77.0 Å². The van der Waals surface area contributed by atoms with Gasteiger partial charge in [0.05, 0.1) is 0 Å². The van der Waals surface area contributed by atoms with Gasteiger partial charge in [0.15, 0.2) is 0 Å². The van der Waals surface area contributed by atoms with Crippen molar-refractivity contribution in [3.8, 4) is 0 Å². The second kappa shape index (κ2) is 5.55. The Morgan fingerprint density at radius 1 is 0.905 bits per heavy atom. The first-order chi connectivity index (χ1) is 9.91. The molecule has 0 aromatic carbocycles. The number of nitrogens with two attached hydrogens (primary N) is 1. The molecular weight excluding hydrogens is 254 g/mol. The topological polar surface area (TPSA) is 26.0 Å². The van der Waals surface area contributed by atoms with Crippen LogP contribution in [0.5, 0.6) is 0 Å². The summed E-state index contributed by atoms with van der Waals surface area (Å²) in [6.45, 7) is 7.38. The fourth-order valence-electron chi connectivity index (χ4n) is 7.14. The fraction of sp³-hybridized carbons (Fsp3) is 1.00. The average Bonchev–Trinajstić information content (AvgIpc) is 2.38. The van der Waals surface area contributed by atoms with Crippen LogP contribution < -0.4 is 5.73 Å². The number of hydrogen-bond acceptors (Lipinski definition) is 1. The molecule has 21 heavy (non-hydrogen) atoms. The van der Waals surface area contributed by atoms with Crippen molar-refractivity contribution in [2.75, 3.05) is 0 Å². The molecule has 0 spiro atoms. The Hall–Kier alpha value is -0.0400. The lowest BCUT2D eigenvalue weighted by atomic mass is 9.38. The highest BCUT2D eigenvalue weighted by atomic mass is 14.8. The van der Waals surface area contributed by atoms with Gasteiger partial charge in [-0.05, 0) is 60.7 Å². The van der Waals surface area contributed by atoms with Crippen molar-refractivity contribution in [1.29, 1.82) is 0 Å². The number of unbranched alkanes of at least 4 members (excludes halogenated alkanes) is 5. The minimum atomic E-state index is 0.455. The van der Waals surface area contributed by atoms with Crippen molar-refractivity contribution in [1.82, 2.24) is 0 Å². The molecule has 5 atom stereocenters. The predicted molar refractivity (Wildman–Crippen MR) is 91.2 cm³/mol. The molecule has 5 unspecified atom stereocenters. The first kappa shape index (κ1) is 15.8. The molecule has 2 N–H and O–H groups in total. The molecule has 0 aromatic heterocycles. The Morgan fingerprint density at radius 3 is 2.33 bits per heavy atom. The molecule has 4 rings (SSSR count). The SMILES string of the molecule is CCCCCCCCC12CC3CC(C)(CC(C)(C3)C1N)C2. The Bertz CT molecular complexity index is 378. The van der Waals surface area contributed by atoms with Crippen LogP contribution in [0.2, 0.25) is 0 Å². The van der Waals surface area contributed by atoms with Crippen LogP contribution in [0.1, 0.15) is 97.8 Å². The summed E-state index contributed by atoms with van der Waals surface area (Å²) in [5, 5.41) is 0. The molecule has 4 aliphatic carbocycles. The van der Waals surface area contributed by atoms with E-state index in [-0.39, 0.29) is 0 Å². The molecule has 0 heterocycles. The summed E-state index contributed by atoms with van der Waals surface area (Å²) in [6, 6.07) is 0.477. The third kappa shape index (κ3) is 2.80. The lowest BCUT2D eigenvalue weighted by molar-refractivity contribution is -0.164. The van der Waals surface area contributed by atoms with E-state index >= 15 is 0 Å². The van der Waals surface area contributed by atoms with E-state index in [9.17, 15) is 0 Å². The maximum atomic E-state index is 6.86. The molecule has 1 nitrogen and oxygen atoms in total. The molecule has 0 amide bonds. The lowest BCUT2D eigenvalue weighted by Gasteiger charge is -2.68. The Kier molecular flexibility index (Phi) is 4.19. The molecule has 0 radical (unpaired) electrons.